The van der Waals surface area contributed by atoms with Gasteiger partial charge >= 0.3 is 0 Å². The summed E-state index contributed by atoms with van der Waals surface area (Å²) in [5, 5.41) is 2.91. The Balaban J connectivity index is 1.81. The molecule has 1 aliphatic heterocycles. The van der Waals surface area contributed by atoms with E-state index in [2.05, 4.69) is 31.3 Å². The number of carbonyl (C=O) groups excluding carboxylic acids is 2. The molecule has 1 atom stereocenters. The number of amides is 2. The van der Waals surface area contributed by atoms with E-state index in [1.165, 1.54) is 0 Å². The largest absolute Gasteiger partial charge is 0.495 e. The molecule has 1 N–H and O–H groups in total. The number of hydrogen-bond donors (Lipinski definition) is 1. The summed E-state index contributed by atoms with van der Waals surface area (Å²) >= 11 is 0. The number of methoxy groups -OCH3 is 1. The van der Waals surface area contributed by atoms with E-state index in [0.29, 0.717) is 18.0 Å². The number of carbonyl (C=O) groups is 2. The molecule has 5 nitrogen and oxygen atoms in total. The van der Waals surface area contributed by atoms with Crippen LogP contribution < -0.4 is 15.0 Å². The first-order valence-corrected chi connectivity index (χ1v) is 9.44. The van der Waals surface area contributed by atoms with Crippen molar-refractivity contribution in [1.82, 2.24) is 0 Å². The first-order valence-electron chi connectivity index (χ1n) is 9.44. The molecule has 1 heterocycles. The Morgan fingerprint density at radius 2 is 1.78 bits per heavy atom. The van der Waals surface area contributed by atoms with E-state index in [-0.39, 0.29) is 24.2 Å². The third-order valence-electron chi connectivity index (χ3n) is 5.10. The first kappa shape index (κ1) is 19.0. The SMILES string of the molecule is CCc1cccc(CC)c1N1CC(C(=O)Nc2ccccc2OC)CC1=O. The highest BCUT2D eigenvalue weighted by Gasteiger charge is 2.36. The van der Waals surface area contributed by atoms with Gasteiger partial charge in [0.25, 0.3) is 0 Å². The Kier molecular flexibility index (Phi) is 5.79. The molecule has 1 aliphatic rings. The molecular weight excluding hydrogens is 340 g/mol. The van der Waals surface area contributed by atoms with Gasteiger partial charge in [0.1, 0.15) is 5.75 Å². The van der Waals surface area contributed by atoms with Gasteiger partial charge in [-0.15, -0.1) is 0 Å². The maximum absolute atomic E-state index is 12.8. The van der Waals surface area contributed by atoms with Gasteiger partial charge in [-0.05, 0) is 36.1 Å². The Hall–Kier alpha value is -2.82. The zero-order valence-electron chi connectivity index (χ0n) is 16.1. The van der Waals surface area contributed by atoms with Crippen LogP contribution in [0.3, 0.4) is 0 Å². The van der Waals surface area contributed by atoms with Crippen molar-refractivity contribution in [2.24, 2.45) is 5.92 Å². The standard InChI is InChI=1S/C22H26N2O3/c1-4-15-9-8-10-16(5-2)21(15)24-14-17(13-20(24)25)22(26)23-18-11-6-7-12-19(18)27-3/h6-12,17H,4-5,13-14H2,1-3H3,(H,23,26). The van der Waals surface area contributed by atoms with Gasteiger partial charge in [0.15, 0.2) is 0 Å². The van der Waals surface area contributed by atoms with Crippen LogP contribution in [0.1, 0.15) is 31.4 Å². The summed E-state index contributed by atoms with van der Waals surface area (Å²) in [5.74, 6) is 0.0850. The molecule has 1 fully saturated rings. The maximum atomic E-state index is 12.8. The Labute approximate surface area is 160 Å². The fourth-order valence-corrected chi connectivity index (χ4v) is 3.64. The lowest BCUT2D eigenvalue weighted by molar-refractivity contribution is -0.122. The quantitative estimate of drug-likeness (QED) is 0.846. The fourth-order valence-electron chi connectivity index (χ4n) is 3.64. The van der Waals surface area contributed by atoms with Crippen molar-refractivity contribution in [2.45, 2.75) is 33.1 Å². The molecule has 3 rings (SSSR count). The summed E-state index contributed by atoms with van der Waals surface area (Å²) in [6.45, 7) is 4.58. The molecule has 0 bridgehead atoms. The lowest BCUT2D eigenvalue weighted by Gasteiger charge is -2.23. The van der Waals surface area contributed by atoms with Crippen molar-refractivity contribution in [1.29, 1.82) is 0 Å². The highest BCUT2D eigenvalue weighted by molar-refractivity contribution is 6.04. The molecular formula is C22H26N2O3. The van der Waals surface area contributed by atoms with E-state index in [4.69, 9.17) is 4.74 Å². The second-order valence-corrected chi connectivity index (χ2v) is 6.73. The molecule has 0 aliphatic carbocycles. The molecule has 0 spiro atoms. The third kappa shape index (κ3) is 3.82. The van der Waals surface area contributed by atoms with Crippen LogP contribution in [-0.2, 0) is 22.4 Å². The van der Waals surface area contributed by atoms with Gasteiger partial charge in [0, 0.05) is 18.7 Å². The van der Waals surface area contributed by atoms with Crippen molar-refractivity contribution in [3.05, 3.63) is 53.6 Å². The number of aryl methyl sites for hydroxylation is 2. The topological polar surface area (TPSA) is 58.6 Å². The number of nitrogens with one attached hydrogen (secondary N) is 1. The lowest BCUT2D eigenvalue weighted by atomic mass is 10.0. The van der Waals surface area contributed by atoms with E-state index in [1.54, 1.807) is 24.1 Å². The summed E-state index contributed by atoms with van der Waals surface area (Å²) in [4.78, 5) is 27.3. The zero-order chi connectivity index (χ0) is 19.4. The van der Waals surface area contributed by atoms with Crippen molar-refractivity contribution in [2.75, 3.05) is 23.9 Å². The zero-order valence-corrected chi connectivity index (χ0v) is 16.1. The predicted molar refractivity (Wildman–Crippen MR) is 107 cm³/mol. The van der Waals surface area contributed by atoms with Crippen LogP contribution in [0.25, 0.3) is 0 Å². The molecule has 2 aromatic rings. The summed E-state index contributed by atoms with van der Waals surface area (Å²) in [7, 11) is 1.57. The van der Waals surface area contributed by atoms with Gasteiger partial charge in [-0.3, -0.25) is 9.59 Å². The van der Waals surface area contributed by atoms with E-state index in [0.717, 1.165) is 29.7 Å². The van der Waals surface area contributed by atoms with Crippen LogP contribution >= 0.6 is 0 Å². The summed E-state index contributed by atoms with van der Waals surface area (Å²) in [6, 6.07) is 13.4. The summed E-state index contributed by atoms with van der Waals surface area (Å²) in [5.41, 5.74) is 3.90. The number of ether oxygens (including phenoxy) is 1. The van der Waals surface area contributed by atoms with Crippen LogP contribution in [0.15, 0.2) is 42.5 Å². The predicted octanol–water partition coefficient (Wildman–Crippen LogP) is 3.81. The second-order valence-electron chi connectivity index (χ2n) is 6.73. The molecule has 0 radical (unpaired) electrons. The smallest absolute Gasteiger partial charge is 0.229 e. The number of benzene rings is 2. The normalized spacial score (nSPS) is 16.5. The van der Waals surface area contributed by atoms with Crippen LogP contribution in [-0.4, -0.2) is 25.5 Å². The average Bonchev–Trinajstić information content (AvgIpc) is 3.09. The van der Waals surface area contributed by atoms with Gasteiger partial charge in [-0.2, -0.15) is 0 Å². The van der Waals surface area contributed by atoms with Gasteiger partial charge in [0.05, 0.1) is 18.7 Å². The van der Waals surface area contributed by atoms with E-state index in [9.17, 15) is 9.59 Å². The van der Waals surface area contributed by atoms with E-state index >= 15 is 0 Å². The van der Waals surface area contributed by atoms with E-state index < -0.39 is 0 Å². The highest BCUT2D eigenvalue weighted by atomic mass is 16.5. The van der Waals surface area contributed by atoms with Gasteiger partial charge < -0.3 is 15.0 Å². The van der Waals surface area contributed by atoms with Crippen molar-refractivity contribution < 1.29 is 14.3 Å². The minimum Gasteiger partial charge on any atom is -0.495 e. The van der Waals surface area contributed by atoms with Crippen LogP contribution in [0.4, 0.5) is 11.4 Å². The number of para-hydroxylation sites is 3. The molecule has 1 unspecified atom stereocenters. The molecule has 27 heavy (non-hydrogen) atoms. The monoisotopic (exact) mass is 366 g/mol. The Bertz CT molecular complexity index is 825. The number of nitrogens with zero attached hydrogens (tertiary/aromatic N) is 1. The minimum atomic E-state index is -0.378. The summed E-state index contributed by atoms with van der Waals surface area (Å²) < 4.78 is 5.29. The van der Waals surface area contributed by atoms with Crippen molar-refractivity contribution >= 4 is 23.2 Å². The summed E-state index contributed by atoms with van der Waals surface area (Å²) in [6.07, 6.45) is 1.93. The van der Waals surface area contributed by atoms with Crippen molar-refractivity contribution in [3.8, 4) is 5.75 Å². The molecule has 5 heteroatoms. The Morgan fingerprint density at radius 3 is 2.41 bits per heavy atom. The molecule has 0 aromatic heterocycles. The minimum absolute atomic E-state index is 0.00535. The van der Waals surface area contributed by atoms with E-state index in [1.807, 2.05) is 18.2 Å². The number of hydrogen-bond acceptors (Lipinski definition) is 3. The molecule has 2 aromatic carbocycles. The Morgan fingerprint density at radius 1 is 1.11 bits per heavy atom. The van der Waals surface area contributed by atoms with Gasteiger partial charge in [0.2, 0.25) is 11.8 Å². The third-order valence-corrected chi connectivity index (χ3v) is 5.10. The highest BCUT2D eigenvalue weighted by Crippen LogP contribution is 2.33. The van der Waals surface area contributed by atoms with Crippen LogP contribution in [0.2, 0.25) is 0 Å². The average molecular weight is 366 g/mol. The maximum Gasteiger partial charge on any atom is 0.229 e. The molecule has 2 amide bonds. The molecule has 1 saturated heterocycles. The molecule has 0 saturated carbocycles. The number of anilines is 2. The molecule has 142 valence electrons. The fraction of sp³-hybridized carbons (Fsp3) is 0.364. The van der Waals surface area contributed by atoms with Gasteiger partial charge in [-0.1, -0.05) is 44.2 Å². The van der Waals surface area contributed by atoms with Crippen molar-refractivity contribution in [3.63, 3.8) is 0 Å². The van der Waals surface area contributed by atoms with Crippen LogP contribution in [0.5, 0.6) is 5.75 Å². The van der Waals surface area contributed by atoms with Gasteiger partial charge in [-0.25, -0.2) is 0 Å². The second kappa shape index (κ2) is 8.25. The van der Waals surface area contributed by atoms with Crippen LogP contribution in [0, 0.1) is 5.92 Å². The number of rotatable bonds is 6. The lowest BCUT2D eigenvalue weighted by Crippen LogP contribution is -2.29. The first-order chi connectivity index (χ1) is 13.1.